The first-order chi connectivity index (χ1) is 13.9. The fourth-order valence-corrected chi connectivity index (χ4v) is 4.42. The predicted octanol–water partition coefficient (Wildman–Crippen LogP) is 2.94. The summed E-state index contributed by atoms with van der Waals surface area (Å²) in [7, 11) is 0. The summed E-state index contributed by atoms with van der Waals surface area (Å²) in [6.45, 7) is 12.2. The normalized spacial score (nSPS) is 23.4. The molecule has 2 saturated heterocycles. The van der Waals surface area contributed by atoms with E-state index >= 15 is 0 Å². The van der Waals surface area contributed by atoms with E-state index in [1.165, 1.54) is 5.56 Å². The highest BCUT2D eigenvalue weighted by Gasteiger charge is 2.40. The van der Waals surface area contributed by atoms with Gasteiger partial charge in [0, 0.05) is 50.3 Å². The van der Waals surface area contributed by atoms with Crippen LogP contribution in [-0.2, 0) is 10.3 Å². The Balaban J connectivity index is 1.61. The molecule has 2 fully saturated rings. The van der Waals surface area contributed by atoms with Crippen molar-refractivity contribution < 1.29 is 4.74 Å². The summed E-state index contributed by atoms with van der Waals surface area (Å²) >= 11 is 5.78. The van der Waals surface area contributed by atoms with Crippen LogP contribution >= 0.6 is 12.2 Å². The fraction of sp³-hybridized carbons (Fsp3) is 0.545. The molecule has 0 aliphatic carbocycles. The second-order valence-electron chi connectivity index (χ2n) is 8.80. The van der Waals surface area contributed by atoms with Crippen molar-refractivity contribution >= 4 is 17.3 Å². The highest BCUT2D eigenvalue weighted by Crippen LogP contribution is 2.39. The van der Waals surface area contributed by atoms with Crippen molar-refractivity contribution in [3.8, 4) is 0 Å². The third-order valence-corrected chi connectivity index (χ3v) is 6.14. The van der Waals surface area contributed by atoms with E-state index in [2.05, 4.69) is 70.0 Å². The lowest BCUT2D eigenvalue weighted by molar-refractivity contribution is 0.0350. The number of nitrogens with zero attached hydrogens (tertiary/aromatic N) is 4. The van der Waals surface area contributed by atoms with Gasteiger partial charge in [-0.25, -0.2) is 0 Å². The highest BCUT2D eigenvalue weighted by atomic mass is 32.1. The first kappa shape index (κ1) is 20.3. The number of ether oxygens (including phenoxy) is 1. The molecule has 7 heteroatoms. The van der Waals surface area contributed by atoms with Crippen molar-refractivity contribution in [1.82, 2.24) is 24.7 Å². The van der Waals surface area contributed by atoms with E-state index in [1.807, 2.05) is 18.3 Å². The number of rotatable bonds is 5. The number of morpholine rings is 1. The molecule has 4 rings (SSSR count). The quantitative estimate of drug-likeness (QED) is 0.761. The number of aromatic nitrogens is 2. The number of pyridine rings is 1. The minimum absolute atomic E-state index is 0.0456. The van der Waals surface area contributed by atoms with Crippen LogP contribution in [0.5, 0.6) is 0 Å². The second kappa shape index (κ2) is 8.42. The lowest BCUT2D eigenvalue weighted by atomic mass is 9.99. The molecule has 0 radical (unpaired) electrons. The molecule has 2 aromatic rings. The molecule has 6 nitrogen and oxygen atoms in total. The van der Waals surface area contributed by atoms with Crippen molar-refractivity contribution in [1.29, 1.82) is 0 Å². The predicted molar refractivity (Wildman–Crippen MR) is 119 cm³/mol. The minimum atomic E-state index is 0.0456. The van der Waals surface area contributed by atoms with Crippen LogP contribution < -0.4 is 5.32 Å². The maximum Gasteiger partial charge on any atom is 0.170 e. The number of thiocarbonyl (C=S) groups is 1. The van der Waals surface area contributed by atoms with Crippen LogP contribution in [0.3, 0.4) is 0 Å². The van der Waals surface area contributed by atoms with Crippen molar-refractivity contribution in [2.45, 2.75) is 38.4 Å². The molecular formula is C22H31N5OS. The molecule has 29 heavy (non-hydrogen) atoms. The topological polar surface area (TPSA) is 45.6 Å². The zero-order valence-corrected chi connectivity index (χ0v) is 18.4. The molecular weight excluding hydrogens is 382 g/mol. The van der Waals surface area contributed by atoms with Gasteiger partial charge in [0.25, 0.3) is 0 Å². The van der Waals surface area contributed by atoms with Gasteiger partial charge in [-0.05, 0) is 56.8 Å². The molecule has 0 amide bonds. The van der Waals surface area contributed by atoms with Gasteiger partial charge in [0.2, 0.25) is 0 Å². The van der Waals surface area contributed by atoms with E-state index in [0.717, 1.165) is 50.2 Å². The molecule has 2 aliphatic rings. The monoisotopic (exact) mass is 413 g/mol. The van der Waals surface area contributed by atoms with E-state index in [9.17, 15) is 0 Å². The number of hydrogen-bond acceptors (Lipinski definition) is 4. The standard InChI is InChI=1S/C22H31N5OS/c1-22(2,3)26-9-7-17(16-26)20-19(18-6-4-5-8-23-18)24-21(29)27(20)11-10-25-12-14-28-15-13-25/h4-9,16,19-20H,10-15H2,1-3H3,(H,24,29). The summed E-state index contributed by atoms with van der Waals surface area (Å²) in [6.07, 6.45) is 6.29. The summed E-state index contributed by atoms with van der Waals surface area (Å²) < 4.78 is 7.77. The van der Waals surface area contributed by atoms with E-state index in [4.69, 9.17) is 17.0 Å². The Kier molecular flexibility index (Phi) is 5.90. The molecule has 0 aromatic carbocycles. The molecule has 2 aliphatic heterocycles. The maximum absolute atomic E-state index is 5.78. The summed E-state index contributed by atoms with van der Waals surface area (Å²) in [5, 5.41) is 4.35. The van der Waals surface area contributed by atoms with Crippen LogP contribution in [0.15, 0.2) is 42.9 Å². The second-order valence-corrected chi connectivity index (χ2v) is 9.18. The zero-order chi connectivity index (χ0) is 20.4. The minimum Gasteiger partial charge on any atom is -0.379 e. The van der Waals surface area contributed by atoms with E-state index in [-0.39, 0.29) is 17.6 Å². The van der Waals surface area contributed by atoms with Crippen molar-refractivity contribution in [2.24, 2.45) is 0 Å². The summed E-state index contributed by atoms with van der Waals surface area (Å²) in [4.78, 5) is 9.42. The third-order valence-electron chi connectivity index (χ3n) is 5.79. The Morgan fingerprint density at radius 1 is 1.17 bits per heavy atom. The lowest BCUT2D eigenvalue weighted by Gasteiger charge is -2.32. The van der Waals surface area contributed by atoms with Crippen molar-refractivity contribution in [3.63, 3.8) is 0 Å². The molecule has 2 atom stereocenters. The highest BCUT2D eigenvalue weighted by molar-refractivity contribution is 7.80. The fourth-order valence-electron chi connectivity index (χ4n) is 4.09. The van der Waals surface area contributed by atoms with Crippen LogP contribution in [-0.4, -0.2) is 63.9 Å². The van der Waals surface area contributed by atoms with Crippen molar-refractivity contribution in [2.75, 3.05) is 39.4 Å². The van der Waals surface area contributed by atoms with Gasteiger partial charge in [-0.2, -0.15) is 0 Å². The third kappa shape index (κ3) is 4.47. The summed E-state index contributed by atoms with van der Waals surface area (Å²) in [5.41, 5.74) is 2.34. The van der Waals surface area contributed by atoms with E-state index in [1.54, 1.807) is 0 Å². The van der Waals surface area contributed by atoms with Crippen LogP contribution in [0.4, 0.5) is 0 Å². The van der Waals surface area contributed by atoms with Gasteiger partial charge in [-0.1, -0.05) is 6.07 Å². The Labute approximate surface area is 178 Å². The molecule has 0 spiro atoms. The molecule has 1 N–H and O–H groups in total. The van der Waals surface area contributed by atoms with Gasteiger partial charge in [0.1, 0.15) is 0 Å². The van der Waals surface area contributed by atoms with Gasteiger partial charge >= 0.3 is 0 Å². The average molecular weight is 414 g/mol. The van der Waals surface area contributed by atoms with E-state index in [0.29, 0.717) is 0 Å². The van der Waals surface area contributed by atoms with Crippen molar-refractivity contribution in [3.05, 3.63) is 54.1 Å². The molecule has 0 saturated carbocycles. The van der Waals surface area contributed by atoms with Gasteiger partial charge in [-0.15, -0.1) is 0 Å². The zero-order valence-electron chi connectivity index (χ0n) is 17.5. The molecule has 4 heterocycles. The number of nitrogens with one attached hydrogen (secondary N) is 1. The van der Waals surface area contributed by atoms with Gasteiger partial charge in [0.05, 0.1) is 31.0 Å². The van der Waals surface area contributed by atoms with Gasteiger partial charge in [0.15, 0.2) is 5.11 Å². The first-order valence-corrected chi connectivity index (χ1v) is 10.8. The molecule has 2 unspecified atom stereocenters. The van der Waals surface area contributed by atoms with Crippen LogP contribution in [0, 0.1) is 0 Å². The van der Waals surface area contributed by atoms with Crippen LogP contribution in [0.25, 0.3) is 0 Å². The first-order valence-electron chi connectivity index (χ1n) is 10.4. The average Bonchev–Trinajstić information content (AvgIpc) is 3.32. The summed E-state index contributed by atoms with van der Waals surface area (Å²) in [5.74, 6) is 0. The molecule has 0 bridgehead atoms. The Hall–Kier alpha value is -1.96. The Morgan fingerprint density at radius 3 is 2.62 bits per heavy atom. The molecule has 156 valence electrons. The van der Waals surface area contributed by atoms with E-state index < -0.39 is 0 Å². The lowest BCUT2D eigenvalue weighted by Crippen LogP contribution is -2.42. The number of hydrogen-bond donors (Lipinski definition) is 1. The maximum atomic E-state index is 5.78. The Bertz CT molecular complexity index is 825. The SMILES string of the molecule is CC(C)(C)n1ccc(C2C(c3ccccn3)NC(=S)N2CCN2CCOCC2)c1. The largest absolute Gasteiger partial charge is 0.379 e. The Morgan fingerprint density at radius 2 is 1.97 bits per heavy atom. The smallest absolute Gasteiger partial charge is 0.170 e. The van der Waals surface area contributed by atoms with Crippen LogP contribution in [0.1, 0.15) is 44.1 Å². The summed E-state index contributed by atoms with van der Waals surface area (Å²) in [6, 6.07) is 8.48. The molecule has 2 aromatic heterocycles. The van der Waals surface area contributed by atoms with Gasteiger partial charge < -0.3 is 19.5 Å². The van der Waals surface area contributed by atoms with Gasteiger partial charge in [-0.3, -0.25) is 9.88 Å². The van der Waals surface area contributed by atoms with Crippen LogP contribution in [0.2, 0.25) is 0 Å².